The molecule has 24 heavy (non-hydrogen) atoms. The first-order valence-corrected chi connectivity index (χ1v) is 7.89. The average Bonchev–Trinajstić information content (AvgIpc) is 2.65. The molecule has 0 heterocycles. The normalized spacial score (nSPS) is 11.0. The summed E-state index contributed by atoms with van der Waals surface area (Å²) in [4.78, 5) is 0. The summed E-state index contributed by atoms with van der Waals surface area (Å²) < 4.78 is 0. The topological polar surface area (TPSA) is 52.5 Å². The van der Waals surface area contributed by atoms with E-state index in [0.29, 0.717) is 28.1 Å². The fourth-order valence-electron chi connectivity index (χ4n) is 3.12. The third kappa shape index (κ3) is 2.31. The molecule has 3 nitrogen and oxygen atoms in total. The summed E-state index contributed by atoms with van der Waals surface area (Å²) in [6, 6.07) is 23.0. The molecule has 0 aliphatic carbocycles. The zero-order valence-corrected chi connectivity index (χ0v) is 13.0. The van der Waals surface area contributed by atoms with Crippen LogP contribution >= 0.6 is 0 Å². The van der Waals surface area contributed by atoms with Gasteiger partial charge in [-0.15, -0.1) is 0 Å². The summed E-state index contributed by atoms with van der Waals surface area (Å²) in [6.07, 6.45) is 0. The highest BCUT2D eigenvalue weighted by Gasteiger charge is 2.15. The molecule has 4 aromatic rings. The van der Waals surface area contributed by atoms with E-state index in [9.17, 15) is 10.2 Å². The van der Waals surface area contributed by atoms with Crippen LogP contribution in [0.1, 0.15) is 5.56 Å². The molecule has 0 saturated carbocycles. The summed E-state index contributed by atoms with van der Waals surface area (Å²) in [5.41, 5.74) is 1.95. The summed E-state index contributed by atoms with van der Waals surface area (Å²) in [6.45, 7) is 0.646. The van der Waals surface area contributed by atoms with Gasteiger partial charge in [0.05, 0.1) is 5.39 Å². The van der Waals surface area contributed by atoms with Crippen LogP contribution in [0.3, 0.4) is 0 Å². The lowest BCUT2D eigenvalue weighted by Gasteiger charge is -2.14. The molecule has 0 aromatic heterocycles. The second-order valence-electron chi connectivity index (χ2n) is 5.81. The van der Waals surface area contributed by atoms with E-state index in [1.54, 1.807) is 0 Å². The lowest BCUT2D eigenvalue weighted by Crippen LogP contribution is -2.00. The van der Waals surface area contributed by atoms with Crippen LogP contribution < -0.4 is 5.32 Å². The van der Waals surface area contributed by atoms with Crippen molar-refractivity contribution in [3.05, 3.63) is 78.4 Å². The van der Waals surface area contributed by atoms with Crippen LogP contribution in [0.15, 0.2) is 72.8 Å². The zero-order valence-electron chi connectivity index (χ0n) is 13.0. The number of benzene rings is 4. The number of fused-ring (bicyclic) bond motifs is 2. The summed E-state index contributed by atoms with van der Waals surface area (Å²) in [7, 11) is 0. The molecule has 0 radical (unpaired) electrons. The van der Waals surface area contributed by atoms with Crippen molar-refractivity contribution in [3.8, 4) is 11.5 Å². The van der Waals surface area contributed by atoms with Crippen molar-refractivity contribution in [1.82, 2.24) is 0 Å². The molecule has 0 amide bonds. The third-order valence-electron chi connectivity index (χ3n) is 4.32. The molecule has 4 aromatic carbocycles. The van der Waals surface area contributed by atoms with E-state index in [1.807, 2.05) is 72.8 Å². The lowest BCUT2D eigenvalue weighted by atomic mass is 9.99. The van der Waals surface area contributed by atoms with E-state index in [-0.39, 0.29) is 11.5 Å². The van der Waals surface area contributed by atoms with Crippen LogP contribution in [0.4, 0.5) is 5.69 Å². The van der Waals surface area contributed by atoms with Gasteiger partial charge in [-0.2, -0.15) is 0 Å². The molecule has 0 spiro atoms. The third-order valence-corrected chi connectivity index (χ3v) is 4.32. The van der Waals surface area contributed by atoms with Gasteiger partial charge < -0.3 is 15.5 Å². The predicted octanol–water partition coefficient (Wildman–Crippen LogP) is 5.02. The molecular formula is C21H17NO2. The summed E-state index contributed by atoms with van der Waals surface area (Å²) >= 11 is 0. The first-order chi connectivity index (χ1) is 11.8. The number of aromatic hydroxyl groups is 2. The number of hydrogen-bond acceptors (Lipinski definition) is 3. The molecule has 0 aliphatic heterocycles. The van der Waals surface area contributed by atoms with Crippen molar-refractivity contribution < 1.29 is 10.2 Å². The van der Waals surface area contributed by atoms with Crippen LogP contribution in [0.2, 0.25) is 0 Å². The minimum Gasteiger partial charge on any atom is -0.507 e. The number of phenolic OH excluding ortho intramolecular Hbond substituents is 2. The maximum absolute atomic E-state index is 10.8. The number of phenols is 2. The first-order valence-electron chi connectivity index (χ1n) is 7.89. The molecule has 4 rings (SSSR count). The second kappa shape index (κ2) is 5.78. The molecule has 118 valence electrons. The van der Waals surface area contributed by atoms with E-state index in [0.717, 1.165) is 11.3 Å². The first kappa shape index (κ1) is 14.4. The van der Waals surface area contributed by atoms with E-state index >= 15 is 0 Å². The monoisotopic (exact) mass is 315 g/mol. The number of hydrogen-bond donors (Lipinski definition) is 3. The van der Waals surface area contributed by atoms with Crippen molar-refractivity contribution in [2.24, 2.45) is 0 Å². The average molecular weight is 315 g/mol. The Hall–Kier alpha value is -3.20. The standard InChI is InChI=1S/C21H17NO2/c23-20-15-9-4-5-10-16(15)21(24)19-17(20)11-6-12-18(19)22-13-14-7-2-1-3-8-14/h1-12,22-24H,13H2. The molecule has 0 atom stereocenters. The molecule has 0 bridgehead atoms. The van der Waals surface area contributed by atoms with Gasteiger partial charge in [-0.1, -0.05) is 66.7 Å². The van der Waals surface area contributed by atoms with Crippen LogP contribution in [0.5, 0.6) is 11.5 Å². The van der Waals surface area contributed by atoms with Gasteiger partial charge >= 0.3 is 0 Å². The van der Waals surface area contributed by atoms with Gasteiger partial charge in [0.2, 0.25) is 0 Å². The van der Waals surface area contributed by atoms with E-state index in [4.69, 9.17) is 0 Å². The highest BCUT2D eigenvalue weighted by Crippen LogP contribution is 2.44. The maximum Gasteiger partial charge on any atom is 0.133 e. The van der Waals surface area contributed by atoms with Gasteiger partial charge in [-0.3, -0.25) is 0 Å². The second-order valence-corrected chi connectivity index (χ2v) is 5.81. The highest BCUT2D eigenvalue weighted by atomic mass is 16.3. The molecule has 0 saturated heterocycles. The van der Waals surface area contributed by atoms with Crippen molar-refractivity contribution in [3.63, 3.8) is 0 Å². The van der Waals surface area contributed by atoms with Crippen LogP contribution in [-0.4, -0.2) is 10.2 Å². The van der Waals surface area contributed by atoms with Gasteiger partial charge in [0.1, 0.15) is 11.5 Å². The molecule has 0 fully saturated rings. The number of anilines is 1. The maximum atomic E-state index is 10.8. The van der Waals surface area contributed by atoms with Crippen LogP contribution in [-0.2, 0) is 6.54 Å². The Kier molecular flexibility index (Phi) is 3.47. The number of rotatable bonds is 3. The van der Waals surface area contributed by atoms with Gasteiger partial charge in [0, 0.05) is 28.4 Å². The van der Waals surface area contributed by atoms with Gasteiger partial charge in [-0.25, -0.2) is 0 Å². The van der Waals surface area contributed by atoms with Gasteiger partial charge in [0.15, 0.2) is 0 Å². The summed E-state index contributed by atoms with van der Waals surface area (Å²) in [5, 5.41) is 27.3. The molecule has 3 N–H and O–H groups in total. The van der Waals surface area contributed by atoms with Crippen LogP contribution in [0.25, 0.3) is 21.5 Å². The van der Waals surface area contributed by atoms with E-state index < -0.39 is 0 Å². The Morgan fingerprint density at radius 3 is 2.00 bits per heavy atom. The van der Waals surface area contributed by atoms with Gasteiger partial charge in [0.25, 0.3) is 0 Å². The SMILES string of the molecule is Oc1c2ccccc2c(O)c2c(NCc3ccccc3)cccc12. The quantitative estimate of drug-likeness (QED) is 0.368. The fourth-order valence-corrected chi connectivity index (χ4v) is 3.12. The smallest absolute Gasteiger partial charge is 0.133 e. The van der Waals surface area contributed by atoms with E-state index in [1.165, 1.54) is 0 Å². The van der Waals surface area contributed by atoms with Crippen molar-refractivity contribution in [1.29, 1.82) is 0 Å². The number of nitrogens with one attached hydrogen (secondary N) is 1. The fraction of sp³-hybridized carbons (Fsp3) is 0.0476. The highest BCUT2D eigenvalue weighted by molar-refractivity contribution is 6.14. The van der Waals surface area contributed by atoms with Crippen LogP contribution in [0, 0.1) is 0 Å². The van der Waals surface area contributed by atoms with Crippen molar-refractivity contribution >= 4 is 27.2 Å². The zero-order chi connectivity index (χ0) is 16.5. The Labute approximate surface area is 139 Å². The molecule has 0 unspecified atom stereocenters. The molecule has 3 heteroatoms. The van der Waals surface area contributed by atoms with E-state index in [2.05, 4.69) is 5.32 Å². The lowest BCUT2D eigenvalue weighted by molar-refractivity contribution is 0.478. The van der Waals surface area contributed by atoms with Crippen molar-refractivity contribution in [2.45, 2.75) is 6.54 Å². The molecule has 0 aliphatic rings. The minimum absolute atomic E-state index is 0.189. The summed E-state index contributed by atoms with van der Waals surface area (Å²) in [5.74, 6) is 0.385. The Balaban J connectivity index is 1.87. The Morgan fingerprint density at radius 1 is 0.625 bits per heavy atom. The van der Waals surface area contributed by atoms with Crippen molar-refractivity contribution in [2.75, 3.05) is 5.32 Å². The predicted molar refractivity (Wildman–Crippen MR) is 98.6 cm³/mol. The van der Waals surface area contributed by atoms with Gasteiger partial charge in [-0.05, 0) is 11.6 Å². The minimum atomic E-state index is 0.189. The Morgan fingerprint density at radius 2 is 1.25 bits per heavy atom. The Bertz CT molecular complexity index is 1030. The molecular weight excluding hydrogens is 298 g/mol. The largest absolute Gasteiger partial charge is 0.507 e.